The quantitative estimate of drug-likeness (QED) is 0.336. The molecular formula is C24H18Cl2N4. The summed E-state index contributed by atoms with van der Waals surface area (Å²) in [6.45, 7) is 0. The van der Waals surface area contributed by atoms with Gasteiger partial charge in [-0.05, 0) is 18.2 Å². The number of hydrogen-bond donors (Lipinski definition) is 1. The molecule has 0 amide bonds. The molecule has 3 aromatic heterocycles. The van der Waals surface area contributed by atoms with E-state index in [2.05, 4.69) is 64.4 Å². The molecule has 30 heavy (non-hydrogen) atoms. The Morgan fingerprint density at radius 3 is 2.10 bits per heavy atom. The zero-order valence-electron chi connectivity index (χ0n) is 15.8. The molecule has 3 heterocycles. The van der Waals surface area contributed by atoms with Crippen LogP contribution >= 0.6 is 24.8 Å². The fraction of sp³-hybridized carbons (Fsp3) is 0. The normalized spacial score (nSPS) is 10.8. The van der Waals surface area contributed by atoms with Gasteiger partial charge in [-0.25, -0.2) is 14.6 Å². The first-order chi connectivity index (χ1) is 13.9. The Balaban J connectivity index is 0.00000109. The van der Waals surface area contributed by atoms with Crippen LogP contribution in [0.3, 0.4) is 0 Å². The minimum absolute atomic E-state index is 0. The van der Waals surface area contributed by atoms with Crippen molar-refractivity contribution in [3.8, 4) is 16.9 Å². The maximum atomic E-state index is 4.80. The molecule has 3 aromatic carbocycles. The van der Waals surface area contributed by atoms with Gasteiger partial charge < -0.3 is 0 Å². The standard InChI is InChI=1S/C24H16N4.2ClH/c1-3-9-16(10-4-1)23-22-21-18-13-7-8-14-19(18)26-20(21)15-25-24(22)28(27-23)17-11-5-2-6-12-17;;/h1-15,27H;2*1H. The van der Waals surface area contributed by atoms with Gasteiger partial charge in [0.15, 0.2) is 5.65 Å². The largest absolute Gasteiger partial charge is 0.291 e. The number of hydrogen-bond acceptors (Lipinski definition) is 2. The maximum Gasteiger partial charge on any atom is 0.162 e. The van der Waals surface area contributed by atoms with Crippen LogP contribution in [0, 0.1) is 0 Å². The van der Waals surface area contributed by atoms with Gasteiger partial charge in [0.25, 0.3) is 0 Å². The molecule has 0 aliphatic carbocycles. The van der Waals surface area contributed by atoms with E-state index in [-0.39, 0.29) is 24.8 Å². The predicted octanol–water partition coefficient (Wildman–Crippen LogP) is 6.57. The third-order valence-corrected chi connectivity index (χ3v) is 5.22. The van der Waals surface area contributed by atoms with Crippen LogP contribution in [0.25, 0.3) is 49.8 Å². The lowest BCUT2D eigenvalue weighted by atomic mass is 10.0. The average molecular weight is 433 g/mol. The molecule has 6 aromatic rings. The first kappa shape index (κ1) is 20.0. The number of H-pyrrole nitrogens is 1. The van der Waals surface area contributed by atoms with E-state index in [9.17, 15) is 0 Å². The van der Waals surface area contributed by atoms with Gasteiger partial charge in [0, 0.05) is 16.3 Å². The van der Waals surface area contributed by atoms with Crippen molar-refractivity contribution in [3.63, 3.8) is 0 Å². The number of aromatic amines is 1. The third-order valence-electron chi connectivity index (χ3n) is 5.22. The minimum Gasteiger partial charge on any atom is -0.291 e. The topological polar surface area (TPSA) is 46.5 Å². The van der Waals surface area contributed by atoms with E-state index in [1.54, 1.807) is 0 Å². The summed E-state index contributed by atoms with van der Waals surface area (Å²) in [6, 6.07) is 28.9. The van der Waals surface area contributed by atoms with Crippen molar-refractivity contribution in [2.75, 3.05) is 0 Å². The molecule has 0 atom stereocenters. The summed E-state index contributed by atoms with van der Waals surface area (Å²) < 4.78 is 2.05. The van der Waals surface area contributed by atoms with Crippen LogP contribution in [0.5, 0.6) is 0 Å². The summed E-state index contributed by atoms with van der Waals surface area (Å²) in [7, 11) is 0. The molecule has 0 fully saturated rings. The highest BCUT2D eigenvalue weighted by atomic mass is 35.5. The Kier molecular flexibility index (Phi) is 5.20. The van der Waals surface area contributed by atoms with Gasteiger partial charge in [0.05, 0.1) is 34.0 Å². The minimum atomic E-state index is 0. The van der Waals surface area contributed by atoms with Gasteiger partial charge >= 0.3 is 0 Å². The molecule has 0 saturated heterocycles. The van der Waals surface area contributed by atoms with Crippen molar-refractivity contribution >= 4 is 57.7 Å². The number of aromatic nitrogens is 4. The van der Waals surface area contributed by atoms with Crippen LogP contribution in [0.15, 0.2) is 91.1 Å². The van der Waals surface area contributed by atoms with Gasteiger partial charge in [-0.2, -0.15) is 0 Å². The molecule has 0 aliphatic heterocycles. The first-order valence-corrected chi connectivity index (χ1v) is 9.29. The Morgan fingerprint density at radius 2 is 1.33 bits per heavy atom. The van der Waals surface area contributed by atoms with Crippen LogP contribution in [-0.2, 0) is 0 Å². The molecule has 6 rings (SSSR count). The van der Waals surface area contributed by atoms with Crippen LogP contribution in [0.4, 0.5) is 0 Å². The van der Waals surface area contributed by atoms with Gasteiger partial charge in [-0.1, -0.05) is 66.7 Å². The average Bonchev–Trinajstić information content (AvgIpc) is 3.33. The Bertz CT molecular complexity index is 1450. The Hall–Kier alpha value is -3.34. The summed E-state index contributed by atoms with van der Waals surface area (Å²) in [6.07, 6.45) is 1.87. The van der Waals surface area contributed by atoms with Crippen LogP contribution in [0.2, 0.25) is 0 Å². The lowest BCUT2D eigenvalue weighted by Gasteiger charge is -2.03. The predicted molar refractivity (Wildman–Crippen MR) is 128 cm³/mol. The molecule has 6 heteroatoms. The SMILES string of the molecule is Cl.Cl.c1ccc(-c2[nH]n(-c3ccccc3)c3ncc4nc5ccccc5c4c23)cc1. The van der Waals surface area contributed by atoms with Crippen LogP contribution in [-0.4, -0.2) is 19.7 Å². The summed E-state index contributed by atoms with van der Waals surface area (Å²) >= 11 is 0. The summed E-state index contributed by atoms with van der Waals surface area (Å²) in [5.41, 5.74) is 6.04. The number of nitrogens with one attached hydrogen (secondary N) is 1. The van der Waals surface area contributed by atoms with Gasteiger partial charge in [-0.15, -0.1) is 24.8 Å². The van der Waals surface area contributed by atoms with Gasteiger partial charge in [-0.3, -0.25) is 5.10 Å². The Morgan fingerprint density at radius 1 is 0.667 bits per heavy atom. The summed E-state index contributed by atoms with van der Waals surface area (Å²) in [5, 5.41) is 6.99. The van der Waals surface area contributed by atoms with E-state index in [1.807, 2.05) is 36.5 Å². The molecule has 4 nitrogen and oxygen atoms in total. The monoisotopic (exact) mass is 432 g/mol. The van der Waals surface area contributed by atoms with E-state index in [1.165, 1.54) is 0 Å². The summed E-state index contributed by atoms with van der Waals surface area (Å²) in [5.74, 6) is 0. The number of pyridine rings is 1. The fourth-order valence-electron chi connectivity index (χ4n) is 3.97. The second-order valence-corrected chi connectivity index (χ2v) is 6.87. The smallest absolute Gasteiger partial charge is 0.162 e. The first-order valence-electron chi connectivity index (χ1n) is 9.29. The van der Waals surface area contributed by atoms with Crippen LogP contribution < -0.4 is 0 Å². The van der Waals surface area contributed by atoms with E-state index in [0.29, 0.717) is 0 Å². The van der Waals surface area contributed by atoms with E-state index in [4.69, 9.17) is 9.97 Å². The van der Waals surface area contributed by atoms with Crippen LogP contribution in [0.1, 0.15) is 0 Å². The van der Waals surface area contributed by atoms with Crippen molar-refractivity contribution in [1.29, 1.82) is 0 Å². The lowest BCUT2D eigenvalue weighted by Crippen LogP contribution is -1.97. The number of rotatable bonds is 2. The number of fused-ring (bicyclic) bond motifs is 5. The number of halogens is 2. The summed E-state index contributed by atoms with van der Waals surface area (Å²) in [4.78, 5) is 9.59. The van der Waals surface area contributed by atoms with Crippen molar-refractivity contribution in [1.82, 2.24) is 19.7 Å². The second kappa shape index (κ2) is 7.82. The van der Waals surface area contributed by atoms with Crippen molar-refractivity contribution < 1.29 is 0 Å². The highest BCUT2D eigenvalue weighted by molar-refractivity contribution is 6.22. The van der Waals surface area contributed by atoms with Gasteiger partial charge in [0.1, 0.15) is 0 Å². The van der Waals surface area contributed by atoms with E-state index in [0.717, 1.165) is 49.8 Å². The van der Waals surface area contributed by atoms with Crippen molar-refractivity contribution in [3.05, 3.63) is 91.1 Å². The molecule has 0 saturated carbocycles. The number of benzene rings is 3. The molecule has 0 unspecified atom stereocenters. The molecular weight excluding hydrogens is 415 g/mol. The molecule has 0 spiro atoms. The molecule has 148 valence electrons. The maximum absolute atomic E-state index is 4.80. The Labute approximate surface area is 185 Å². The van der Waals surface area contributed by atoms with Crippen molar-refractivity contribution in [2.45, 2.75) is 0 Å². The number of nitrogens with zero attached hydrogens (tertiary/aromatic N) is 3. The van der Waals surface area contributed by atoms with E-state index < -0.39 is 0 Å². The fourth-order valence-corrected chi connectivity index (χ4v) is 3.97. The van der Waals surface area contributed by atoms with E-state index >= 15 is 0 Å². The zero-order chi connectivity index (χ0) is 18.5. The molecule has 0 aliphatic rings. The highest BCUT2D eigenvalue weighted by Gasteiger charge is 2.19. The highest BCUT2D eigenvalue weighted by Crippen LogP contribution is 2.37. The molecule has 0 bridgehead atoms. The molecule has 0 radical (unpaired) electrons. The van der Waals surface area contributed by atoms with Crippen molar-refractivity contribution in [2.24, 2.45) is 0 Å². The second-order valence-electron chi connectivity index (χ2n) is 6.87. The van der Waals surface area contributed by atoms with Gasteiger partial charge in [0.2, 0.25) is 0 Å². The lowest BCUT2D eigenvalue weighted by molar-refractivity contribution is 0.901. The number of para-hydroxylation sites is 2. The third kappa shape index (κ3) is 2.93. The molecule has 1 N–H and O–H groups in total. The zero-order valence-corrected chi connectivity index (χ0v) is 17.5.